The maximum Gasteiger partial charge on any atom is 0.251 e. The maximum absolute atomic E-state index is 5.74. The van der Waals surface area contributed by atoms with Crippen molar-refractivity contribution in [2.45, 2.75) is 38.8 Å². The van der Waals surface area contributed by atoms with Crippen molar-refractivity contribution in [1.82, 2.24) is 0 Å². The molecule has 74 valence electrons. The Hall–Kier alpha value is 0.877. The van der Waals surface area contributed by atoms with Crippen LogP contribution in [0.3, 0.4) is 0 Å². The van der Waals surface area contributed by atoms with Crippen LogP contribution in [0.15, 0.2) is 0 Å². The topological polar surface area (TPSA) is 9.23 Å². The SMILES string of the molecule is CCC[Si](S)(CCCS)OCC. The quantitative estimate of drug-likeness (QED) is 0.499. The van der Waals surface area contributed by atoms with Gasteiger partial charge < -0.3 is 4.43 Å². The summed E-state index contributed by atoms with van der Waals surface area (Å²) in [5.74, 6) is 0.950. The second-order valence-corrected chi connectivity index (χ2v) is 9.03. The second-order valence-electron chi connectivity index (χ2n) is 2.96. The van der Waals surface area contributed by atoms with Crippen LogP contribution in [-0.4, -0.2) is 19.8 Å². The maximum atomic E-state index is 5.74. The van der Waals surface area contributed by atoms with Gasteiger partial charge in [0.05, 0.1) is 0 Å². The molecule has 0 rings (SSSR count). The average molecular weight is 224 g/mol. The zero-order valence-corrected chi connectivity index (χ0v) is 10.8. The van der Waals surface area contributed by atoms with E-state index in [2.05, 4.69) is 19.6 Å². The van der Waals surface area contributed by atoms with E-state index in [1.165, 1.54) is 6.42 Å². The molecule has 0 N–H and O–H groups in total. The summed E-state index contributed by atoms with van der Waals surface area (Å²) in [4.78, 5) is 0. The number of hydrogen-bond donors (Lipinski definition) is 2. The summed E-state index contributed by atoms with van der Waals surface area (Å²) in [5, 5.41) is 0. The largest absolute Gasteiger partial charge is 0.407 e. The van der Waals surface area contributed by atoms with Gasteiger partial charge in [-0.05, 0) is 31.2 Å². The van der Waals surface area contributed by atoms with Crippen molar-refractivity contribution in [3.63, 3.8) is 0 Å². The van der Waals surface area contributed by atoms with Gasteiger partial charge in [-0.15, -0.1) is 0 Å². The summed E-state index contributed by atoms with van der Waals surface area (Å²) in [5.41, 5.74) is 0. The van der Waals surface area contributed by atoms with E-state index < -0.39 is 7.47 Å². The molecule has 0 fully saturated rings. The lowest BCUT2D eigenvalue weighted by Crippen LogP contribution is -2.31. The molecule has 0 spiro atoms. The average Bonchev–Trinajstić information content (AvgIpc) is 2.02. The van der Waals surface area contributed by atoms with Crippen LogP contribution in [0, 0.1) is 0 Å². The molecule has 0 radical (unpaired) electrons. The fraction of sp³-hybridized carbons (Fsp3) is 1.00. The first-order chi connectivity index (χ1) is 5.68. The minimum Gasteiger partial charge on any atom is -0.407 e. The van der Waals surface area contributed by atoms with E-state index in [4.69, 9.17) is 16.5 Å². The molecule has 1 atom stereocenters. The van der Waals surface area contributed by atoms with E-state index in [9.17, 15) is 0 Å². The molecule has 0 saturated carbocycles. The van der Waals surface area contributed by atoms with Crippen molar-refractivity contribution in [2.75, 3.05) is 12.4 Å². The van der Waals surface area contributed by atoms with Crippen LogP contribution in [-0.2, 0) is 4.43 Å². The highest BCUT2D eigenvalue weighted by atomic mass is 32.3. The molecule has 0 aliphatic heterocycles. The normalized spacial score (nSPS) is 16.0. The summed E-state index contributed by atoms with van der Waals surface area (Å²) >= 11 is 8.90. The van der Waals surface area contributed by atoms with E-state index in [0.717, 1.165) is 30.9 Å². The fourth-order valence-electron chi connectivity index (χ4n) is 1.28. The van der Waals surface area contributed by atoms with Crippen LogP contribution in [0.5, 0.6) is 0 Å². The third-order valence-electron chi connectivity index (χ3n) is 1.78. The van der Waals surface area contributed by atoms with Crippen molar-refractivity contribution in [2.24, 2.45) is 0 Å². The zero-order chi connectivity index (χ0) is 9.45. The minimum absolute atomic E-state index is 0.808. The Morgan fingerprint density at radius 3 is 2.33 bits per heavy atom. The third kappa shape index (κ3) is 5.51. The van der Waals surface area contributed by atoms with Crippen LogP contribution >= 0.6 is 24.7 Å². The Balaban J connectivity index is 3.80. The van der Waals surface area contributed by atoms with Crippen molar-refractivity contribution >= 4 is 32.2 Å². The summed E-state index contributed by atoms with van der Waals surface area (Å²) in [6, 6.07) is 2.30. The summed E-state index contributed by atoms with van der Waals surface area (Å²) in [6.45, 7) is 5.05. The lowest BCUT2D eigenvalue weighted by atomic mass is 10.6. The first-order valence-corrected chi connectivity index (χ1v) is 8.90. The van der Waals surface area contributed by atoms with Gasteiger partial charge in [-0.2, -0.15) is 24.7 Å². The first kappa shape index (κ1) is 12.9. The molecule has 0 amide bonds. The predicted octanol–water partition coefficient (Wildman–Crippen LogP) is 3.12. The van der Waals surface area contributed by atoms with Crippen molar-refractivity contribution < 1.29 is 4.43 Å². The molecule has 12 heavy (non-hydrogen) atoms. The van der Waals surface area contributed by atoms with Crippen molar-refractivity contribution in [3.05, 3.63) is 0 Å². The standard InChI is InChI=1S/C8H20OS2Si/c1-3-7-12(11,9-4-2)8-5-6-10/h10-11H,3-8H2,1-2H3. The van der Waals surface area contributed by atoms with Crippen LogP contribution < -0.4 is 0 Å². The van der Waals surface area contributed by atoms with E-state index in [0.29, 0.717) is 0 Å². The van der Waals surface area contributed by atoms with Crippen LogP contribution in [0.2, 0.25) is 12.1 Å². The monoisotopic (exact) mass is 224 g/mol. The van der Waals surface area contributed by atoms with Gasteiger partial charge in [0.1, 0.15) is 0 Å². The van der Waals surface area contributed by atoms with Crippen molar-refractivity contribution in [1.29, 1.82) is 0 Å². The second kappa shape index (κ2) is 7.30. The molecule has 0 heterocycles. The molecule has 0 aromatic heterocycles. The molecular weight excluding hydrogens is 204 g/mol. The molecule has 0 aliphatic carbocycles. The molecule has 4 heteroatoms. The zero-order valence-electron chi connectivity index (χ0n) is 8.05. The third-order valence-corrected chi connectivity index (χ3v) is 7.07. The lowest BCUT2D eigenvalue weighted by molar-refractivity contribution is 0.334. The van der Waals surface area contributed by atoms with Gasteiger partial charge in [0, 0.05) is 6.61 Å². The van der Waals surface area contributed by atoms with E-state index in [-0.39, 0.29) is 0 Å². The molecule has 0 saturated heterocycles. The highest BCUT2D eigenvalue weighted by Gasteiger charge is 2.28. The van der Waals surface area contributed by atoms with Crippen LogP contribution in [0.4, 0.5) is 0 Å². The van der Waals surface area contributed by atoms with Crippen LogP contribution in [0.25, 0.3) is 0 Å². The highest BCUT2D eigenvalue weighted by molar-refractivity contribution is 8.13. The van der Waals surface area contributed by atoms with E-state index in [1.54, 1.807) is 0 Å². The Morgan fingerprint density at radius 2 is 1.92 bits per heavy atom. The summed E-state index contributed by atoms with van der Waals surface area (Å²) in [7, 11) is -1.62. The molecule has 1 unspecified atom stereocenters. The molecule has 1 nitrogen and oxygen atoms in total. The molecule has 0 aromatic rings. The Kier molecular flexibility index (Phi) is 7.83. The van der Waals surface area contributed by atoms with Crippen molar-refractivity contribution in [3.8, 4) is 0 Å². The Bertz CT molecular complexity index is 105. The fourth-order valence-corrected chi connectivity index (χ4v) is 5.86. The van der Waals surface area contributed by atoms with E-state index in [1.807, 2.05) is 6.92 Å². The lowest BCUT2D eigenvalue weighted by Gasteiger charge is -2.24. The van der Waals surface area contributed by atoms with Gasteiger partial charge in [-0.3, -0.25) is 0 Å². The van der Waals surface area contributed by atoms with Gasteiger partial charge in [-0.25, -0.2) is 0 Å². The van der Waals surface area contributed by atoms with Gasteiger partial charge in [0.15, 0.2) is 0 Å². The minimum atomic E-state index is -1.62. The predicted molar refractivity (Wildman–Crippen MR) is 64.7 cm³/mol. The summed E-state index contributed by atoms with van der Waals surface area (Å²) < 4.78 is 5.74. The van der Waals surface area contributed by atoms with Gasteiger partial charge in [0.25, 0.3) is 7.47 Å². The highest BCUT2D eigenvalue weighted by Crippen LogP contribution is 2.25. The number of hydrogen-bond acceptors (Lipinski definition) is 3. The Morgan fingerprint density at radius 1 is 1.25 bits per heavy atom. The molecule has 0 aliphatic rings. The van der Waals surface area contributed by atoms with Gasteiger partial charge in [0.2, 0.25) is 0 Å². The van der Waals surface area contributed by atoms with E-state index >= 15 is 0 Å². The van der Waals surface area contributed by atoms with Crippen LogP contribution in [0.1, 0.15) is 26.7 Å². The van der Waals surface area contributed by atoms with Gasteiger partial charge in [-0.1, -0.05) is 13.3 Å². The number of thiol groups is 2. The number of rotatable bonds is 7. The molecule has 0 aromatic carbocycles. The molecular formula is C8H20OS2Si. The summed E-state index contributed by atoms with van der Waals surface area (Å²) in [6.07, 6.45) is 2.32. The molecule has 0 bridgehead atoms. The van der Waals surface area contributed by atoms with Gasteiger partial charge >= 0.3 is 0 Å². The smallest absolute Gasteiger partial charge is 0.251 e. The first-order valence-electron chi connectivity index (χ1n) is 4.65. The Labute approximate surface area is 87.9 Å².